The third-order valence-corrected chi connectivity index (χ3v) is 7.52. The molecular weight excluding hydrogens is 487 g/mol. The average molecular weight is 511 g/mol. The van der Waals surface area contributed by atoms with E-state index in [4.69, 9.17) is 0 Å². The molecule has 12 heteroatoms. The van der Waals surface area contributed by atoms with Crippen LogP contribution in [0.3, 0.4) is 0 Å². The minimum Gasteiger partial charge on any atom is -0.337 e. The van der Waals surface area contributed by atoms with E-state index in [1.807, 2.05) is 36.0 Å². The van der Waals surface area contributed by atoms with Crippen LogP contribution >= 0.6 is 22.7 Å². The number of amides is 1. The molecule has 4 aromatic heterocycles. The minimum absolute atomic E-state index is 0.0599. The quantitative estimate of drug-likeness (QED) is 0.424. The Morgan fingerprint density at radius 2 is 1.91 bits per heavy atom. The van der Waals surface area contributed by atoms with Gasteiger partial charge in [-0.3, -0.25) is 4.79 Å². The predicted octanol–water partition coefficient (Wildman–Crippen LogP) is 4.30. The van der Waals surface area contributed by atoms with Gasteiger partial charge in [0, 0.05) is 37.3 Å². The Kier molecular flexibility index (Phi) is 6.39. The van der Waals surface area contributed by atoms with Gasteiger partial charge < -0.3 is 15.1 Å². The van der Waals surface area contributed by atoms with Gasteiger partial charge in [-0.05, 0) is 32.9 Å². The second-order valence-electron chi connectivity index (χ2n) is 8.24. The summed E-state index contributed by atoms with van der Waals surface area (Å²) in [7, 11) is 0. The van der Waals surface area contributed by atoms with Crippen LogP contribution in [-0.4, -0.2) is 61.4 Å². The van der Waals surface area contributed by atoms with Gasteiger partial charge in [-0.2, -0.15) is 0 Å². The summed E-state index contributed by atoms with van der Waals surface area (Å²) >= 11 is 3.12. The molecule has 1 aliphatic heterocycles. The molecule has 0 spiro atoms. The summed E-state index contributed by atoms with van der Waals surface area (Å²) < 4.78 is 13.1. The van der Waals surface area contributed by atoms with Gasteiger partial charge in [-0.1, -0.05) is 0 Å². The molecule has 1 atom stereocenters. The molecular formula is C23H23FN8OS2. The average Bonchev–Trinajstić information content (AvgIpc) is 3.44. The Balaban J connectivity index is 1.22. The molecule has 1 saturated heterocycles. The van der Waals surface area contributed by atoms with Crippen molar-refractivity contribution in [2.45, 2.75) is 26.8 Å². The number of piperazine rings is 1. The molecule has 0 radical (unpaired) electrons. The molecule has 1 N–H and O–H groups in total. The molecule has 0 aromatic carbocycles. The normalized spacial score (nSPS) is 15.9. The number of nitrogens with one attached hydrogen (secondary N) is 1. The maximum Gasteiger partial charge on any atom is 0.255 e. The number of carbonyl (C=O) groups excluding carboxylic acids is 1. The number of nitrogens with zero attached hydrogens (tertiary/aromatic N) is 7. The Labute approximate surface area is 209 Å². The number of anilines is 3. The molecule has 4 aromatic rings. The second-order valence-corrected chi connectivity index (χ2v) is 10.3. The van der Waals surface area contributed by atoms with E-state index in [0.717, 1.165) is 38.8 Å². The first-order chi connectivity index (χ1) is 16.9. The lowest BCUT2D eigenvalue weighted by Crippen LogP contribution is -2.54. The smallest absolute Gasteiger partial charge is 0.255 e. The van der Waals surface area contributed by atoms with Gasteiger partial charge in [0.15, 0.2) is 10.9 Å². The monoisotopic (exact) mass is 510 g/mol. The van der Waals surface area contributed by atoms with Crippen molar-refractivity contribution in [2.75, 3.05) is 29.9 Å². The SMILES string of the molecule is Cc1nc(C)c(-c2csc(Nc3ccc(C(=O)N4CCN(c5ncc(F)cn5)C[C@H]4C)cn3)n2)s1. The summed E-state index contributed by atoms with van der Waals surface area (Å²) in [5, 5.41) is 6.95. The van der Waals surface area contributed by atoms with Crippen LogP contribution in [0.5, 0.6) is 0 Å². The van der Waals surface area contributed by atoms with Crippen molar-refractivity contribution in [3.05, 3.63) is 58.2 Å². The second kappa shape index (κ2) is 9.62. The van der Waals surface area contributed by atoms with E-state index in [-0.39, 0.29) is 11.9 Å². The molecule has 5 rings (SSSR count). The van der Waals surface area contributed by atoms with E-state index < -0.39 is 5.82 Å². The lowest BCUT2D eigenvalue weighted by atomic mass is 10.1. The van der Waals surface area contributed by atoms with Gasteiger partial charge in [0.05, 0.1) is 39.2 Å². The zero-order valence-electron chi connectivity index (χ0n) is 19.4. The largest absolute Gasteiger partial charge is 0.337 e. The first kappa shape index (κ1) is 23.2. The fourth-order valence-electron chi connectivity index (χ4n) is 3.98. The molecule has 0 aliphatic carbocycles. The molecule has 0 bridgehead atoms. The van der Waals surface area contributed by atoms with Crippen LogP contribution in [0.25, 0.3) is 10.6 Å². The number of hydrogen-bond acceptors (Lipinski definition) is 10. The van der Waals surface area contributed by atoms with Gasteiger partial charge in [-0.15, -0.1) is 22.7 Å². The zero-order chi connectivity index (χ0) is 24.5. The van der Waals surface area contributed by atoms with Crippen LogP contribution in [0, 0.1) is 19.7 Å². The van der Waals surface area contributed by atoms with Crippen molar-refractivity contribution in [1.82, 2.24) is 29.8 Å². The standard InChI is InChI=1S/C23H23FN8OS2/c1-13-11-31(22-26-9-17(24)10-27-22)6-7-32(13)21(33)16-4-5-19(25-8-16)30-23-29-18(12-34-23)20-14(2)28-15(3)35-20/h4-5,8-10,12-13H,6-7,11H2,1-3H3,(H,25,29,30)/t13-/m1/s1. The maximum atomic E-state index is 13.1. The molecule has 180 valence electrons. The number of aromatic nitrogens is 5. The molecule has 1 fully saturated rings. The van der Waals surface area contributed by atoms with Crippen LogP contribution in [-0.2, 0) is 0 Å². The molecule has 0 saturated carbocycles. The summed E-state index contributed by atoms with van der Waals surface area (Å²) in [4.78, 5) is 39.6. The lowest BCUT2D eigenvalue weighted by molar-refractivity contribution is 0.0673. The van der Waals surface area contributed by atoms with Crippen molar-refractivity contribution in [1.29, 1.82) is 0 Å². The van der Waals surface area contributed by atoms with E-state index in [1.54, 1.807) is 29.7 Å². The molecule has 9 nitrogen and oxygen atoms in total. The highest BCUT2D eigenvalue weighted by atomic mass is 32.1. The van der Waals surface area contributed by atoms with Gasteiger partial charge in [0.25, 0.3) is 5.91 Å². The number of pyridine rings is 1. The van der Waals surface area contributed by atoms with Crippen LogP contribution in [0.15, 0.2) is 36.1 Å². The number of rotatable bonds is 5. The highest BCUT2D eigenvalue weighted by molar-refractivity contribution is 7.16. The van der Waals surface area contributed by atoms with Crippen molar-refractivity contribution >= 4 is 45.5 Å². The number of thiazole rings is 2. The van der Waals surface area contributed by atoms with Gasteiger partial charge in [-0.25, -0.2) is 29.3 Å². The Morgan fingerprint density at radius 3 is 2.57 bits per heavy atom. The van der Waals surface area contributed by atoms with Gasteiger partial charge in [0.1, 0.15) is 5.82 Å². The van der Waals surface area contributed by atoms with Gasteiger partial charge in [0.2, 0.25) is 5.95 Å². The Bertz CT molecular complexity index is 1340. The highest BCUT2D eigenvalue weighted by Gasteiger charge is 2.29. The van der Waals surface area contributed by atoms with E-state index >= 15 is 0 Å². The first-order valence-electron chi connectivity index (χ1n) is 11.0. The molecule has 1 amide bonds. The molecule has 1 aliphatic rings. The topological polar surface area (TPSA) is 100 Å². The van der Waals surface area contributed by atoms with Crippen molar-refractivity contribution < 1.29 is 9.18 Å². The maximum absolute atomic E-state index is 13.1. The first-order valence-corrected chi connectivity index (χ1v) is 12.7. The van der Waals surface area contributed by atoms with E-state index in [1.165, 1.54) is 11.3 Å². The van der Waals surface area contributed by atoms with Crippen molar-refractivity contribution in [3.63, 3.8) is 0 Å². The number of carbonyl (C=O) groups is 1. The summed E-state index contributed by atoms with van der Waals surface area (Å²) in [6.45, 7) is 7.60. The third kappa shape index (κ3) is 4.98. The van der Waals surface area contributed by atoms with Crippen molar-refractivity contribution in [2.24, 2.45) is 0 Å². The van der Waals surface area contributed by atoms with Crippen LogP contribution in [0.4, 0.5) is 21.3 Å². The third-order valence-electron chi connectivity index (χ3n) is 5.66. The Morgan fingerprint density at radius 1 is 1.11 bits per heavy atom. The fraction of sp³-hybridized carbons (Fsp3) is 0.304. The zero-order valence-corrected chi connectivity index (χ0v) is 21.0. The summed E-state index contributed by atoms with van der Waals surface area (Å²) in [5.41, 5.74) is 2.39. The number of halogens is 1. The van der Waals surface area contributed by atoms with E-state index in [2.05, 4.69) is 30.2 Å². The van der Waals surface area contributed by atoms with Crippen LogP contribution < -0.4 is 10.2 Å². The Hall–Kier alpha value is -3.51. The molecule has 0 unspecified atom stereocenters. The summed E-state index contributed by atoms with van der Waals surface area (Å²) in [6, 6.07) is 3.49. The number of aryl methyl sites for hydroxylation is 2. The van der Waals surface area contributed by atoms with E-state index in [0.29, 0.717) is 37.0 Å². The highest BCUT2D eigenvalue weighted by Crippen LogP contribution is 2.32. The fourth-order valence-corrected chi connectivity index (χ4v) is 5.65. The number of hydrogen-bond donors (Lipinski definition) is 1. The predicted molar refractivity (Wildman–Crippen MR) is 135 cm³/mol. The summed E-state index contributed by atoms with van der Waals surface area (Å²) in [5.74, 6) is 0.532. The van der Waals surface area contributed by atoms with E-state index in [9.17, 15) is 9.18 Å². The van der Waals surface area contributed by atoms with Crippen molar-refractivity contribution in [3.8, 4) is 10.6 Å². The molecule has 35 heavy (non-hydrogen) atoms. The van der Waals surface area contributed by atoms with Gasteiger partial charge >= 0.3 is 0 Å². The van der Waals surface area contributed by atoms with Crippen LogP contribution in [0.2, 0.25) is 0 Å². The molecule has 5 heterocycles. The minimum atomic E-state index is -0.471. The lowest BCUT2D eigenvalue weighted by Gasteiger charge is -2.39. The summed E-state index contributed by atoms with van der Waals surface area (Å²) in [6.07, 6.45) is 3.89. The van der Waals surface area contributed by atoms with Crippen LogP contribution in [0.1, 0.15) is 28.0 Å².